The first-order valence-electron chi connectivity index (χ1n) is 4.64. The lowest BCUT2D eigenvalue weighted by Gasteiger charge is -2.20. The van der Waals surface area contributed by atoms with Crippen LogP contribution in [-0.4, -0.2) is 25.3 Å². The van der Waals surface area contributed by atoms with Crippen LogP contribution in [-0.2, 0) is 0 Å². The zero-order valence-electron chi connectivity index (χ0n) is 7.34. The van der Waals surface area contributed by atoms with E-state index in [9.17, 15) is 0 Å². The summed E-state index contributed by atoms with van der Waals surface area (Å²) in [4.78, 5) is 0. The molecule has 11 heavy (non-hydrogen) atoms. The first-order valence-corrected chi connectivity index (χ1v) is 4.64. The van der Waals surface area contributed by atoms with Crippen LogP contribution in [0.3, 0.4) is 0 Å². The van der Waals surface area contributed by atoms with E-state index in [-0.39, 0.29) is 0 Å². The third-order valence-corrected chi connectivity index (χ3v) is 2.77. The van der Waals surface area contributed by atoms with Gasteiger partial charge in [0.25, 0.3) is 0 Å². The van der Waals surface area contributed by atoms with Crippen molar-refractivity contribution in [2.45, 2.75) is 25.7 Å². The van der Waals surface area contributed by atoms with Crippen LogP contribution in [0.15, 0.2) is 0 Å². The van der Waals surface area contributed by atoms with E-state index in [1.54, 1.807) is 0 Å². The van der Waals surface area contributed by atoms with Gasteiger partial charge < -0.3 is 10.4 Å². The molecule has 0 heterocycles. The van der Waals surface area contributed by atoms with Crippen molar-refractivity contribution in [1.82, 2.24) is 5.32 Å². The van der Waals surface area contributed by atoms with Gasteiger partial charge in [-0.05, 0) is 18.9 Å². The Morgan fingerprint density at radius 1 is 1.45 bits per heavy atom. The average molecular weight is 157 g/mol. The van der Waals surface area contributed by atoms with Gasteiger partial charge in [-0.2, -0.15) is 0 Å². The summed E-state index contributed by atoms with van der Waals surface area (Å²) in [6, 6.07) is 0. The van der Waals surface area contributed by atoms with Crippen molar-refractivity contribution in [3.8, 4) is 0 Å². The molecule has 0 aromatic carbocycles. The molecule has 0 amide bonds. The van der Waals surface area contributed by atoms with Crippen LogP contribution in [0.2, 0.25) is 0 Å². The van der Waals surface area contributed by atoms with Gasteiger partial charge in [-0.15, -0.1) is 0 Å². The molecular formula is C9H19NO. The Hall–Kier alpha value is -0.0800. The first kappa shape index (κ1) is 9.01. The molecule has 0 spiro atoms. The molecular weight excluding hydrogens is 138 g/mol. The topological polar surface area (TPSA) is 32.3 Å². The molecule has 66 valence electrons. The summed E-state index contributed by atoms with van der Waals surface area (Å²) >= 11 is 0. The molecule has 1 unspecified atom stereocenters. The summed E-state index contributed by atoms with van der Waals surface area (Å²) < 4.78 is 0. The fraction of sp³-hybridized carbons (Fsp3) is 1.00. The molecule has 1 aliphatic rings. The molecule has 1 atom stereocenters. The summed E-state index contributed by atoms with van der Waals surface area (Å²) in [5.74, 6) is 1.29. The number of nitrogens with one attached hydrogen (secondary N) is 1. The van der Waals surface area contributed by atoms with Gasteiger partial charge in [0.05, 0.1) is 0 Å². The van der Waals surface area contributed by atoms with Crippen molar-refractivity contribution >= 4 is 0 Å². The van der Waals surface area contributed by atoms with Gasteiger partial charge >= 0.3 is 0 Å². The molecule has 1 rings (SSSR count). The van der Waals surface area contributed by atoms with Crippen LogP contribution < -0.4 is 5.32 Å². The Morgan fingerprint density at radius 3 is 2.55 bits per heavy atom. The molecule has 1 aliphatic carbocycles. The Kier molecular flexibility index (Phi) is 3.87. The molecule has 0 bridgehead atoms. The SMILES string of the molecule is CNCC(CO)C1CCCC1. The highest BCUT2D eigenvalue weighted by molar-refractivity contribution is 4.75. The van der Waals surface area contributed by atoms with E-state index in [1.807, 2.05) is 7.05 Å². The smallest absolute Gasteiger partial charge is 0.0474 e. The third-order valence-electron chi connectivity index (χ3n) is 2.77. The molecule has 2 heteroatoms. The predicted molar refractivity (Wildman–Crippen MR) is 46.5 cm³/mol. The highest BCUT2D eigenvalue weighted by Crippen LogP contribution is 2.30. The van der Waals surface area contributed by atoms with E-state index in [2.05, 4.69) is 5.32 Å². The minimum atomic E-state index is 0.353. The lowest BCUT2D eigenvalue weighted by molar-refractivity contribution is 0.175. The number of hydrogen-bond donors (Lipinski definition) is 2. The predicted octanol–water partition coefficient (Wildman–Crippen LogP) is 1.00. The normalized spacial score (nSPS) is 22.4. The Labute approximate surface area is 69.0 Å². The Balaban J connectivity index is 2.27. The second-order valence-electron chi connectivity index (χ2n) is 3.54. The summed E-state index contributed by atoms with van der Waals surface area (Å²) in [6.07, 6.45) is 5.38. The van der Waals surface area contributed by atoms with Gasteiger partial charge in [0, 0.05) is 13.2 Å². The second-order valence-corrected chi connectivity index (χ2v) is 3.54. The fourth-order valence-electron chi connectivity index (χ4n) is 2.07. The quantitative estimate of drug-likeness (QED) is 0.638. The highest BCUT2D eigenvalue weighted by Gasteiger charge is 2.23. The Bertz CT molecular complexity index is 99.7. The lowest BCUT2D eigenvalue weighted by atomic mass is 9.91. The zero-order chi connectivity index (χ0) is 8.10. The van der Waals surface area contributed by atoms with E-state index < -0.39 is 0 Å². The van der Waals surface area contributed by atoms with Crippen LogP contribution in [0.1, 0.15) is 25.7 Å². The van der Waals surface area contributed by atoms with Crippen LogP contribution in [0.4, 0.5) is 0 Å². The van der Waals surface area contributed by atoms with Crippen molar-refractivity contribution < 1.29 is 5.11 Å². The standard InChI is InChI=1S/C9H19NO/c1-10-6-9(7-11)8-4-2-3-5-8/h8-11H,2-7H2,1H3. The maximum absolute atomic E-state index is 9.08. The van der Waals surface area contributed by atoms with E-state index in [4.69, 9.17) is 5.11 Å². The van der Waals surface area contributed by atoms with Crippen molar-refractivity contribution in [2.24, 2.45) is 11.8 Å². The van der Waals surface area contributed by atoms with Gasteiger partial charge in [0.15, 0.2) is 0 Å². The summed E-state index contributed by atoms with van der Waals surface area (Å²) in [5, 5.41) is 12.2. The van der Waals surface area contributed by atoms with Gasteiger partial charge in [0.1, 0.15) is 0 Å². The lowest BCUT2D eigenvalue weighted by Crippen LogP contribution is -2.27. The average Bonchev–Trinajstić information content (AvgIpc) is 2.52. The largest absolute Gasteiger partial charge is 0.396 e. The number of rotatable bonds is 4. The van der Waals surface area contributed by atoms with E-state index >= 15 is 0 Å². The van der Waals surface area contributed by atoms with Gasteiger partial charge in [-0.25, -0.2) is 0 Å². The zero-order valence-corrected chi connectivity index (χ0v) is 7.34. The monoisotopic (exact) mass is 157 g/mol. The molecule has 0 aliphatic heterocycles. The van der Waals surface area contributed by atoms with Gasteiger partial charge in [0.2, 0.25) is 0 Å². The highest BCUT2D eigenvalue weighted by atomic mass is 16.3. The first-order chi connectivity index (χ1) is 5.38. The van der Waals surface area contributed by atoms with Crippen molar-refractivity contribution in [3.05, 3.63) is 0 Å². The van der Waals surface area contributed by atoms with Crippen LogP contribution >= 0.6 is 0 Å². The van der Waals surface area contributed by atoms with Crippen LogP contribution in [0, 0.1) is 11.8 Å². The van der Waals surface area contributed by atoms with Crippen molar-refractivity contribution in [2.75, 3.05) is 20.2 Å². The molecule has 2 N–H and O–H groups in total. The minimum absolute atomic E-state index is 0.353. The fourth-order valence-corrected chi connectivity index (χ4v) is 2.07. The van der Waals surface area contributed by atoms with E-state index in [0.29, 0.717) is 12.5 Å². The summed E-state index contributed by atoms with van der Waals surface area (Å²) in [6.45, 7) is 1.33. The van der Waals surface area contributed by atoms with Crippen LogP contribution in [0.25, 0.3) is 0 Å². The Morgan fingerprint density at radius 2 is 2.09 bits per heavy atom. The molecule has 2 nitrogen and oxygen atoms in total. The van der Waals surface area contributed by atoms with Crippen molar-refractivity contribution in [1.29, 1.82) is 0 Å². The summed E-state index contributed by atoms with van der Waals surface area (Å²) in [7, 11) is 1.96. The minimum Gasteiger partial charge on any atom is -0.396 e. The van der Waals surface area contributed by atoms with E-state index in [1.165, 1.54) is 25.7 Å². The maximum Gasteiger partial charge on any atom is 0.0474 e. The van der Waals surface area contributed by atoms with Gasteiger partial charge in [-0.3, -0.25) is 0 Å². The van der Waals surface area contributed by atoms with Gasteiger partial charge in [-0.1, -0.05) is 25.7 Å². The number of aliphatic hydroxyl groups is 1. The number of hydrogen-bond acceptors (Lipinski definition) is 2. The summed E-state index contributed by atoms with van der Waals surface area (Å²) in [5.41, 5.74) is 0. The maximum atomic E-state index is 9.08. The molecule has 0 saturated heterocycles. The molecule has 0 aromatic heterocycles. The van der Waals surface area contributed by atoms with E-state index in [0.717, 1.165) is 12.5 Å². The second kappa shape index (κ2) is 4.73. The molecule has 1 fully saturated rings. The third kappa shape index (κ3) is 2.46. The molecule has 0 radical (unpaired) electrons. The number of aliphatic hydroxyl groups excluding tert-OH is 1. The molecule has 0 aromatic rings. The molecule has 1 saturated carbocycles. The van der Waals surface area contributed by atoms with Crippen molar-refractivity contribution in [3.63, 3.8) is 0 Å². The van der Waals surface area contributed by atoms with Crippen LogP contribution in [0.5, 0.6) is 0 Å².